The number of carboxylic acids is 1. The molecular weight excluding hydrogens is 281 g/mol. The summed E-state index contributed by atoms with van der Waals surface area (Å²) in [4.78, 5) is 10.9. The molecule has 0 unspecified atom stereocenters. The van der Waals surface area contributed by atoms with E-state index >= 15 is 0 Å². The van der Waals surface area contributed by atoms with E-state index in [1.54, 1.807) is 13.8 Å². The average Bonchev–Trinajstić information content (AvgIpc) is 2.94. The van der Waals surface area contributed by atoms with Gasteiger partial charge in [0.1, 0.15) is 11.5 Å². The van der Waals surface area contributed by atoms with Gasteiger partial charge in [0.15, 0.2) is 11.5 Å². The molecule has 1 N–H and O–H groups in total. The van der Waals surface area contributed by atoms with Crippen molar-refractivity contribution in [2.75, 3.05) is 14.2 Å². The lowest BCUT2D eigenvalue weighted by Crippen LogP contribution is -2.02. The van der Waals surface area contributed by atoms with Gasteiger partial charge >= 0.3 is 5.97 Å². The summed E-state index contributed by atoms with van der Waals surface area (Å²) in [6, 6.07) is 1.21. The molecule has 0 aliphatic heterocycles. The molecule has 112 valence electrons. The molecule has 0 atom stereocenters. The number of rotatable bonds is 4. The van der Waals surface area contributed by atoms with E-state index in [9.17, 15) is 9.18 Å². The highest BCUT2D eigenvalue weighted by molar-refractivity contribution is 5.87. The van der Waals surface area contributed by atoms with E-state index in [0.29, 0.717) is 11.1 Å². The number of hydrogen-bond donors (Lipinski definition) is 1. The summed E-state index contributed by atoms with van der Waals surface area (Å²) in [7, 11) is 2.81. The number of aromatic carboxylic acids is 1. The fourth-order valence-corrected chi connectivity index (χ4v) is 2.19. The number of carboxylic acid groups (broad SMARTS) is 1. The molecule has 21 heavy (non-hydrogen) atoms. The van der Waals surface area contributed by atoms with E-state index in [2.05, 4.69) is 5.16 Å². The van der Waals surface area contributed by atoms with Crippen molar-refractivity contribution in [1.82, 2.24) is 5.16 Å². The van der Waals surface area contributed by atoms with Crippen LogP contribution >= 0.6 is 0 Å². The topological polar surface area (TPSA) is 81.8 Å². The molecule has 0 radical (unpaired) electrons. The van der Waals surface area contributed by atoms with E-state index in [-0.39, 0.29) is 28.5 Å². The second-order valence-corrected chi connectivity index (χ2v) is 4.39. The zero-order chi connectivity index (χ0) is 15.7. The van der Waals surface area contributed by atoms with Crippen LogP contribution in [-0.2, 0) is 0 Å². The molecule has 0 amide bonds. The van der Waals surface area contributed by atoms with Gasteiger partial charge in [-0.1, -0.05) is 5.16 Å². The Morgan fingerprint density at radius 3 is 2.33 bits per heavy atom. The van der Waals surface area contributed by atoms with Gasteiger partial charge in [-0.25, -0.2) is 9.18 Å². The van der Waals surface area contributed by atoms with Crippen molar-refractivity contribution < 1.29 is 28.3 Å². The highest BCUT2D eigenvalue weighted by Gasteiger charge is 2.25. The largest absolute Gasteiger partial charge is 0.492 e. The van der Waals surface area contributed by atoms with Crippen LogP contribution in [0, 0.1) is 19.7 Å². The van der Waals surface area contributed by atoms with Crippen molar-refractivity contribution in [3.05, 3.63) is 28.8 Å². The summed E-state index contributed by atoms with van der Waals surface area (Å²) in [5.41, 5.74) is 1.04. The number of carbonyl (C=O) groups is 1. The predicted octanol–water partition coefficient (Wildman–Crippen LogP) is 2.81. The number of benzene rings is 1. The number of hydrogen-bond acceptors (Lipinski definition) is 5. The van der Waals surface area contributed by atoms with Crippen molar-refractivity contribution in [2.24, 2.45) is 0 Å². The van der Waals surface area contributed by atoms with Gasteiger partial charge in [0, 0.05) is 11.6 Å². The second kappa shape index (κ2) is 5.43. The van der Waals surface area contributed by atoms with Gasteiger partial charge in [-0.2, -0.15) is 0 Å². The maximum absolute atomic E-state index is 14.3. The molecule has 0 aliphatic rings. The highest BCUT2D eigenvalue weighted by Crippen LogP contribution is 2.44. The number of halogens is 1. The summed E-state index contributed by atoms with van der Waals surface area (Å²) in [6.45, 7) is 3.12. The van der Waals surface area contributed by atoms with E-state index in [1.165, 1.54) is 20.3 Å². The number of ether oxygens (including phenoxy) is 2. The lowest BCUT2D eigenvalue weighted by atomic mass is 9.99. The summed E-state index contributed by atoms with van der Waals surface area (Å²) in [5, 5.41) is 12.5. The van der Waals surface area contributed by atoms with Crippen LogP contribution in [0.3, 0.4) is 0 Å². The van der Waals surface area contributed by atoms with Gasteiger partial charge in [-0.15, -0.1) is 0 Å². The quantitative estimate of drug-likeness (QED) is 0.934. The van der Waals surface area contributed by atoms with Crippen LogP contribution < -0.4 is 9.47 Å². The standard InChI is InChI=1S/C14H14FNO5/c1-6-10(8-5-9(14(17)18)21-16-8)13(20-4)12(19-3)7(2)11(6)15/h5H,1-4H3,(H,17,18). The van der Waals surface area contributed by atoms with E-state index in [1.807, 2.05) is 0 Å². The first-order valence-electron chi connectivity index (χ1n) is 6.03. The third kappa shape index (κ3) is 2.31. The summed E-state index contributed by atoms with van der Waals surface area (Å²) < 4.78 is 29.5. The normalized spacial score (nSPS) is 10.5. The zero-order valence-electron chi connectivity index (χ0n) is 12.0. The minimum atomic E-state index is -1.26. The van der Waals surface area contributed by atoms with Crippen LogP contribution in [-0.4, -0.2) is 30.5 Å². The van der Waals surface area contributed by atoms with E-state index in [4.69, 9.17) is 19.1 Å². The van der Waals surface area contributed by atoms with Gasteiger partial charge in [0.05, 0.1) is 19.8 Å². The van der Waals surface area contributed by atoms with Crippen molar-refractivity contribution in [2.45, 2.75) is 13.8 Å². The molecule has 0 saturated heterocycles. The number of nitrogens with zero attached hydrogens (tertiary/aromatic N) is 1. The van der Waals surface area contributed by atoms with Crippen molar-refractivity contribution in [3.63, 3.8) is 0 Å². The van der Waals surface area contributed by atoms with Crippen LogP contribution in [0.1, 0.15) is 21.7 Å². The lowest BCUT2D eigenvalue weighted by Gasteiger charge is -2.17. The summed E-state index contributed by atoms with van der Waals surface area (Å²) >= 11 is 0. The maximum atomic E-state index is 14.3. The minimum absolute atomic E-state index is 0.166. The Labute approximate surface area is 120 Å². The lowest BCUT2D eigenvalue weighted by molar-refractivity contribution is 0.0652. The second-order valence-electron chi connectivity index (χ2n) is 4.39. The molecule has 0 fully saturated rings. The van der Waals surface area contributed by atoms with Gasteiger partial charge < -0.3 is 19.1 Å². The average molecular weight is 295 g/mol. The fraction of sp³-hybridized carbons (Fsp3) is 0.286. The SMILES string of the molecule is COc1c(C)c(F)c(C)c(-c2cc(C(=O)O)on2)c1OC. The zero-order valence-corrected chi connectivity index (χ0v) is 12.0. The third-order valence-electron chi connectivity index (χ3n) is 3.19. The van der Waals surface area contributed by atoms with Crippen molar-refractivity contribution >= 4 is 5.97 Å². The first kappa shape index (κ1) is 14.8. The van der Waals surface area contributed by atoms with Gasteiger partial charge in [-0.05, 0) is 19.4 Å². The van der Waals surface area contributed by atoms with E-state index in [0.717, 1.165) is 0 Å². The van der Waals surface area contributed by atoms with E-state index < -0.39 is 11.8 Å². The first-order chi connectivity index (χ1) is 9.92. The number of aromatic nitrogens is 1. The molecule has 1 heterocycles. The van der Waals surface area contributed by atoms with Gasteiger partial charge in [0.25, 0.3) is 0 Å². The molecular formula is C14H14FNO5. The van der Waals surface area contributed by atoms with Crippen LogP contribution in [0.2, 0.25) is 0 Å². The monoisotopic (exact) mass is 295 g/mol. The molecule has 0 aliphatic carbocycles. The fourth-order valence-electron chi connectivity index (χ4n) is 2.19. The Morgan fingerprint density at radius 1 is 1.24 bits per heavy atom. The summed E-state index contributed by atoms with van der Waals surface area (Å²) in [5.74, 6) is -1.56. The minimum Gasteiger partial charge on any atom is -0.492 e. The molecule has 0 bridgehead atoms. The Hall–Kier alpha value is -2.57. The number of methoxy groups -OCH3 is 2. The molecule has 6 nitrogen and oxygen atoms in total. The van der Waals surface area contributed by atoms with Crippen molar-refractivity contribution in [1.29, 1.82) is 0 Å². The van der Waals surface area contributed by atoms with Gasteiger partial charge in [-0.3, -0.25) is 0 Å². The van der Waals surface area contributed by atoms with Crippen LogP contribution in [0.4, 0.5) is 4.39 Å². The Bertz CT molecular complexity index is 708. The Kier molecular flexibility index (Phi) is 3.84. The molecule has 1 aromatic heterocycles. The van der Waals surface area contributed by atoms with Crippen molar-refractivity contribution in [3.8, 4) is 22.8 Å². The Morgan fingerprint density at radius 2 is 1.86 bits per heavy atom. The first-order valence-corrected chi connectivity index (χ1v) is 6.03. The summed E-state index contributed by atoms with van der Waals surface area (Å²) in [6.07, 6.45) is 0. The van der Waals surface area contributed by atoms with Crippen LogP contribution in [0.15, 0.2) is 10.6 Å². The predicted molar refractivity (Wildman–Crippen MR) is 71.4 cm³/mol. The molecule has 0 spiro atoms. The smallest absolute Gasteiger partial charge is 0.374 e. The highest BCUT2D eigenvalue weighted by atomic mass is 19.1. The maximum Gasteiger partial charge on any atom is 0.374 e. The molecule has 0 saturated carbocycles. The van der Waals surface area contributed by atoms with Crippen LogP contribution in [0.25, 0.3) is 11.3 Å². The molecule has 2 rings (SSSR count). The molecule has 7 heteroatoms. The Balaban J connectivity index is 2.77. The molecule has 2 aromatic rings. The van der Waals surface area contributed by atoms with Gasteiger partial charge in [0.2, 0.25) is 5.76 Å². The molecule has 1 aromatic carbocycles. The third-order valence-corrected chi connectivity index (χ3v) is 3.19. The van der Waals surface area contributed by atoms with Crippen LogP contribution in [0.5, 0.6) is 11.5 Å².